The molecular weight excluding hydrogens is 404 g/mol. The molecule has 3 aromatic carbocycles. The Morgan fingerprint density at radius 2 is 1.31 bits per heavy atom. The van der Waals surface area contributed by atoms with Crippen LogP contribution < -0.4 is 0 Å². The molecule has 158 valence electrons. The molecule has 1 aliphatic heterocycles. The molecule has 1 heterocycles. The van der Waals surface area contributed by atoms with Gasteiger partial charge in [-0.25, -0.2) is 0 Å². The zero-order valence-corrected chi connectivity index (χ0v) is 17.2. The summed E-state index contributed by atoms with van der Waals surface area (Å²) >= 11 is 0. The van der Waals surface area contributed by atoms with Crippen molar-refractivity contribution < 1.29 is 19.1 Å². The van der Waals surface area contributed by atoms with Gasteiger partial charge in [0.05, 0.1) is 23.2 Å². The smallest absolute Gasteiger partial charge is 0.325 e. The Kier molecular flexibility index (Phi) is 6.09. The van der Waals surface area contributed by atoms with Gasteiger partial charge in [-0.2, -0.15) is 5.26 Å². The molecule has 32 heavy (non-hydrogen) atoms. The van der Waals surface area contributed by atoms with Crippen molar-refractivity contribution in [2.24, 2.45) is 5.92 Å². The van der Waals surface area contributed by atoms with Crippen molar-refractivity contribution in [3.05, 3.63) is 107 Å². The summed E-state index contributed by atoms with van der Waals surface area (Å²) < 4.78 is 5.40. The Balaban J connectivity index is 1.64. The lowest BCUT2D eigenvalue weighted by atomic mass is 9.93. The summed E-state index contributed by atoms with van der Waals surface area (Å²) in [5.41, 5.74) is 2.11. The zero-order valence-electron chi connectivity index (χ0n) is 17.2. The number of rotatable bonds is 7. The Morgan fingerprint density at radius 3 is 1.84 bits per heavy atom. The first kappa shape index (κ1) is 21.0. The molecule has 0 aromatic heterocycles. The van der Waals surface area contributed by atoms with Crippen LogP contribution in [0.3, 0.4) is 0 Å². The van der Waals surface area contributed by atoms with E-state index in [0.29, 0.717) is 0 Å². The molecule has 0 saturated carbocycles. The Hall–Kier alpha value is -4.24. The minimum atomic E-state index is -1.33. The molecule has 2 atom stereocenters. The summed E-state index contributed by atoms with van der Waals surface area (Å²) in [7, 11) is 0. The molecule has 3 aromatic rings. The summed E-state index contributed by atoms with van der Waals surface area (Å²) in [5.74, 6) is -3.12. The molecule has 0 aliphatic carbocycles. The maximum atomic E-state index is 13.1. The predicted molar refractivity (Wildman–Crippen MR) is 116 cm³/mol. The lowest BCUT2D eigenvalue weighted by molar-refractivity contribution is -0.149. The van der Waals surface area contributed by atoms with Crippen molar-refractivity contribution in [1.29, 1.82) is 5.26 Å². The predicted octanol–water partition coefficient (Wildman–Crippen LogP) is 3.78. The van der Waals surface area contributed by atoms with E-state index in [9.17, 15) is 19.6 Å². The quantitative estimate of drug-likeness (QED) is 0.426. The van der Waals surface area contributed by atoms with Crippen molar-refractivity contribution in [3.8, 4) is 6.07 Å². The van der Waals surface area contributed by atoms with Crippen LogP contribution in [-0.4, -0.2) is 28.7 Å². The lowest BCUT2D eigenvalue weighted by Crippen LogP contribution is -2.48. The van der Waals surface area contributed by atoms with Gasteiger partial charge < -0.3 is 4.74 Å². The second-order valence-electron chi connectivity index (χ2n) is 7.48. The van der Waals surface area contributed by atoms with Crippen LogP contribution in [-0.2, 0) is 22.6 Å². The van der Waals surface area contributed by atoms with Crippen molar-refractivity contribution in [2.75, 3.05) is 0 Å². The standard InChI is InChI=1S/C26H20N2O4/c27-16-22(26(31)32-17-19-11-5-2-6-12-19)23(15-18-9-3-1-4-10-18)28-24(29)20-13-7-8-14-21(20)25(28)30/h1-14,22-23H,15,17H2/t22-,23+/m1/s1. The number of ether oxygens (including phenoxy) is 1. The van der Waals surface area contributed by atoms with Gasteiger partial charge in [-0.15, -0.1) is 0 Å². The highest BCUT2D eigenvalue weighted by Crippen LogP contribution is 2.29. The average Bonchev–Trinajstić information content (AvgIpc) is 3.09. The van der Waals surface area contributed by atoms with E-state index in [1.165, 1.54) is 0 Å². The Labute approximate surface area is 185 Å². The topological polar surface area (TPSA) is 87.5 Å². The normalized spacial score (nSPS) is 14.4. The molecule has 0 fully saturated rings. The van der Waals surface area contributed by atoms with Gasteiger partial charge in [0.25, 0.3) is 11.8 Å². The maximum absolute atomic E-state index is 13.1. The maximum Gasteiger partial charge on any atom is 0.325 e. The molecule has 4 rings (SSSR count). The van der Waals surface area contributed by atoms with Crippen molar-refractivity contribution in [1.82, 2.24) is 4.90 Å². The number of fused-ring (bicyclic) bond motifs is 1. The summed E-state index contributed by atoms with van der Waals surface area (Å²) in [5, 5.41) is 9.89. The summed E-state index contributed by atoms with van der Waals surface area (Å²) in [6, 6.07) is 25.7. The molecule has 0 N–H and O–H groups in total. The Bertz CT molecular complexity index is 1150. The largest absolute Gasteiger partial charge is 0.460 e. The molecule has 2 amide bonds. The molecule has 6 heteroatoms. The number of esters is 1. The fourth-order valence-electron chi connectivity index (χ4n) is 3.84. The molecule has 0 unspecified atom stereocenters. The first-order valence-corrected chi connectivity index (χ1v) is 10.2. The van der Waals surface area contributed by atoms with Crippen LogP contribution >= 0.6 is 0 Å². The third-order valence-electron chi connectivity index (χ3n) is 5.45. The van der Waals surface area contributed by atoms with Gasteiger partial charge in [0.1, 0.15) is 6.61 Å². The number of hydrogen-bond donors (Lipinski definition) is 0. The second-order valence-corrected chi connectivity index (χ2v) is 7.48. The van der Waals surface area contributed by atoms with Gasteiger partial charge in [0.15, 0.2) is 5.92 Å². The number of amides is 2. The van der Waals surface area contributed by atoms with Crippen molar-refractivity contribution in [2.45, 2.75) is 19.1 Å². The molecule has 0 saturated heterocycles. The highest BCUT2D eigenvalue weighted by atomic mass is 16.5. The van der Waals surface area contributed by atoms with E-state index >= 15 is 0 Å². The van der Waals surface area contributed by atoms with E-state index in [0.717, 1.165) is 16.0 Å². The highest BCUT2D eigenvalue weighted by Gasteiger charge is 2.45. The van der Waals surface area contributed by atoms with Crippen LogP contribution in [0, 0.1) is 17.2 Å². The van der Waals surface area contributed by atoms with Crippen LogP contribution in [0.25, 0.3) is 0 Å². The lowest BCUT2D eigenvalue weighted by Gasteiger charge is -2.29. The summed E-state index contributed by atoms with van der Waals surface area (Å²) in [6.45, 7) is -0.00196. The molecular formula is C26H20N2O4. The van der Waals surface area contributed by atoms with Crippen LogP contribution in [0.2, 0.25) is 0 Å². The second kappa shape index (κ2) is 9.27. The monoisotopic (exact) mass is 424 g/mol. The van der Waals surface area contributed by atoms with Crippen LogP contribution in [0.1, 0.15) is 31.8 Å². The summed E-state index contributed by atoms with van der Waals surface area (Å²) in [4.78, 5) is 40.2. The fourth-order valence-corrected chi connectivity index (χ4v) is 3.84. The van der Waals surface area contributed by atoms with E-state index in [-0.39, 0.29) is 24.2 Å². The van der Waals surface area contributed by atoms with E-state index < -0.39 is 29.7 Å². The van der Waals surface area contributed by atoms with Gasteiger partial charge >= 0.3 is 5.97 Å². The van der Waals surface area contributed by atoms with Gasteiger partial charge in [-0.3, -0.25) is 19.3 Å². The fraction of sp³-hybridized carbons (Fsp3) is 0.154. The van der Waals surface area contributed by atoms with Crippen molar-refractivity contribution in [3.63, 3.8) is 0 Å². The SMILES string of the molecule is N#C[C@@H](C(=O)OCc1ccccc1)[C@H](Cc1ccccc1)N1C(=O)c2ccccc2C1=O. The van der Waals surface area contributed by atoms with E-state index in [4.69, 9.17) is 4.74 Å². The minimum Gasteiger partial charge on any atom is -0.460 e. The number of nitrogens with zero attached hydrogens (tertiary/aromatic N) is 2. The van der Waals surface area contributed by atoms with Gasteiger partial charge in [0.2, 0.25) is 0 Å². The molecule has 1 aliphatic rings. The summed E-state index contributed by atoms with van der Waals surface area (Å²) in [6.07, 6.45) is 0.158. The Morgan fingerprint density at radius 1 is 0.812 bits per heavy atom. The molecule has 0 radical (unpaired) electrons. The number of imide groups is 1. The van der Waals surface area contributed by atoms with E-state index in [1.807, 2.05) is 54.6 Å². The first-order valence-electron chi connectivity index (χ1n) is 10.2. The average molecular weight is 424 g/mol. The third-order valence-corrected chi connectivity index (χ3v) is 5.45. The first-order chi connectivity index (χ1) is 15.6. The third kappa shape index (κ3) is 4.14. The minimum absolute atomic E-state index is 0.00196. The highest BCUT2D eigenvalue weighted by molar-refractivity contribution is 6.21. The van der Waals surface area contributed by atoms with E-state index in [2.05, 4.69) is 0 Å². The van der Waals surface area contributed by atoms with Gasteiger partial charge in [0, 0.05) is 0 Å². The number of nitriles is 1. The van der Waals surface area contributed by atoms with Gasteiger partial charge in [-0.1, -0.05) is 72.8 Å². The number of carbonyl (C=O) groups is 3. The van der Waals surface area contributed by atoms with Crippen molar-refractivity contribution >= 4 is 17.8 Å². The van der Waals surface area contributed by atoms with Crippen LogP contribution in [0.15, 0.2) is 84.9 Å². The van der Waals surface area contributed by atoms with Crippen LogP contribution in [0.5, 0.6) is 0 Å². The van der Waals surface area contributed by atoms with Gasteiger partial charge in [-0.05, 0) is 29.7 Å². The van der Waals surface area contributed by atoms with Crippen LogP contribution in [0.4, 0.5) is 0 Å². The number of benzene rings is 3. The van der Waals surface area contributed by atoms with E-state index in [1.54, 1.807) is 36.4 Å². The zero-order chi connectivity index (χ0) is 22.5. The number of carbonyl (C=O) groups excluding carboxylic acids is 3. The molecule has 6 nitrogen and oxygen atoms in total. The number of hydrogen-bond acceptors (Lipinski definition) is 5. The molecule has 0 bridgehead atoms. The molecule has 0 spiro atoms.